The molecule has 2 aromatic rings. The van der Waals surface area contributed by atoms with Gasteiger partial charge in [-0.2, -0.15) is 0 Å². The molecule has 2 N–H and O–H groups in total. The van der Waals surface area contributed by atoms with E-state index in [0.29, 0.717) is 5.82 Å². The van der Waals surface area contributed by atoms with Crippen molar-refractivity contribution in [2.24, 2.45) is 0 Å². The van der Waals surface area contributed by atoms with Gasteiger partial charge < -0.3 is 5.73 Å². The van der Waals surface area contributed by atoms with Gasteiger partial charge in [0.25, 0.3) is 0 Å². The Hall–Kier alpha value is -2.23. The lowest BCUT2D eigenvalue weighted by Gasteiger charge is -2.04. The maximum absolute atomic E-state index is 13.5. The number of pyridine rings is 1. The number of Topliss-reactive ketones (excluding diaryl/α,β-unsaturated/α-hetero) is 1. The summed E-state index contributed by atoms with van der Waals surface area (Å²) in [5.41, 5.74) is 7.23. The summed E-state index contributed by atoms with van der Waals surface area (Å²) >= 11 is 0. The molecule has 0 aliphatic heterocycles. The van der Waals surface area contributed by atoms with Gasteiger partial charge in [0, 0.05) is 12.6 Å². The predicted octanol–water partition coefficient (Wildman–Crippen LogP) is 2.54. The van der Waals surface area contributed by atoms with Crippen LogP contribution in [0.15, 0.2) is 36.5 Å². The van der Waals surface area contributed by atoms with Crippen molar-refractivity contribution in [1.82, 2.24) is 4.98 Å². The van der Waals surface area contributed by atoms with Crippen LogP contribution in [-0.2, 0) is 6.42 Å². The molecule has 0 aliphatic carbocycles. The molecule has 0 spiro atoms. The van der Waals surface area contributed by atoms with Crippen molar-refractivity contribution in [3.05, 3.63) is 59.0 Å². The molecule has 1 aromatic heterocycles. The van der Waals surface area contributed by atoms with Crippen LogP contribution in [0.4, 0.5) is 10.2 Å². The molecule has 0 atom stereocenters. The number of ketones is 1. The van der Waals surface area contributed by atoms with E-state index in [1.807, 2.05) is 6.92 Å². The number of nitrogens with two attached hydrogens (primary N) is 1. The topological polar surface area (TPSA) is 56.0 Å². The Morgan fingerprint density at radius 1 is 1.33 bits per heavy atom. The number of nitrogen functional groups attached to an aromatic ring is 1. The fraction of sp³-hybridized carbons (Fsp3) is 0.143. The minimum absolute atomic E-state index is 0.116. The van der Waals surface area contributed by atoms with Crippen molar-refractivity contribution in [2.45, 2.75) is 13.3 Å². The summed E-state index contributed by atoms with van der Waals surface area (Å²) < 4.78 is 13.5. The van der Waals surface area contributed by atoms with Crippen LogP contribution in [0.2, 0.25) is 0 Å². The van der Waals surface area contributed by atoms with Crippen LogP contribution in [0.3, 0.4) is 0 Å². The maximum atomic E-state index is 13.5. The molecule has 0 saturated heterocycles. The SMILES string of the molecule is Cc1ccc(F)c(C(=O)Cc2ccnc(N)c2)c1. The monoisotopic (exact) mass is 244 g/mol. The number of carbonyl (C=O) groups excluding carboxylic acids is 1. The highest BCUT2D eigenvalue weighted by molar-refractivity contribution is 5.97. The van der Waals surface area contributed by atoms with Crippen LogP contribution in [0.1, 0.15) is 21.5 Å². The first kappa shape index (κ1) is 12.2. The zero-order valence-electron chi connectivity index (χ0n) is 9.98. The van der Waals surface area contributed by atoms with Crippen molar-refractivity contribution in [3.8, 4) is 0 Å². The van der Waals surface area contributed by atoms with Gasteiger partial charge in [-0.3, -0.25) is 4.79 Å². The van der Waals surface area contributed by atoms with Crippen molar-refractivity contribution >= 4 is 11.6 Å². The lowest BCUT2D eigenvalue weighted by atomic mass is 10.0. The Morgan fingerprint density at radius 2 is 2.11 bits per heavy atom. The van der Waals surface area contributed by atoms with Gasteiger partial charge >= 0.3 is 0 Å². The van der Waals surface area contributed by atoms with Crippen molar-refractivity contribution in [1.29, 1.82) is 0 Å². The third-order valence-corrected chi connectivity index (χ3v) is 2.63. The average Bonchev–Trinajstić information content (AvgIpc) is 2.32. The van der Waals surface area contributed by atoms with E-state index in [4.69, 9.17) is 5.73 Å². The lowest BCUT2D eigenvalue weighted by Crippen LogP contribution is -2.07. The second-order valence-corrected chi connectivity index (χ2v) is 4.17. The number of halogens is 1. The highest BCUT2D eigenvalue weighted by Gasteiger charge is 2.12. The molecule has 0 fully saturated rings. The lowest BCUT2D eigenvalue weighted by molar-refractivity contribution is 0.0989. The third-order valence-electron chi connectivity index (χ3n) is 2.63. The molecule has 0 unspecified atom stereocenters. The fourth-order valence-electron chi connectivity index (χ4n) is 1.74. The summed E-state index contributed by atoms with van der Waals surface area (Å²) in [5.74, 6) is -0.403. The second kappa shape index (κ2) is 4.96. The van der Waals surface area contributed by atoms with Crippen LogP contribution in [-0.4, -0.2) is 10.8 Å². The molecule has 1 aromatic carbocycles. The fourth-order valence-corrected chi connectivity index (χ4v) is 1.74. The summed E-state index contributed by atoms with van der Waals surface area (Å²) in [5, 5.41) is 0. The number of hydrogen-bond donors (Lipinski definition) is 1. The molecule has 92 valence electrons. The molecule has 2 rings (SSSR count). The standard InChI is InChI=1S/C14H13FN2O/c1-9-2-3-12(15)11(6-9)13(18)7-10-4-5-17-14(16)8-10/h2-6,8H,7H2,1H3,(H2,16,17). The zero-order chi connectivity index (χ0) is 13.1. The summed E-state index contributed by atoms with van der Waals surface area (Å²) in [6.45, 7) is 1.82. The van der Waals surface area contributed by atoms with Crippen molar-refractivity contribution in [2.75, 3.05) is 5.73 Å². The minimum atomic E-state index is -0.493. The minimum Gasteiger partial charge on any atom is -0.384 e. The Labute approximate surface area is 104 Å². The molecule has 1 heterocycles. The number of carbonyl (C=O) groups is 1. The van der Waals surface area contributed by atoms with Crippen LogP contribution in [0.5, 0.6) is 0 Å². The van der Waals surface area contributed by atoms with Crippen LogP contribution < -0.4 is 5.73 Å². The summed E-state index contributed by atoms with van der Waals surface area (Å²) in [4.78, 5) is 15.8. The van der Waals surface area contributed by atoms with Crippen LogP contribution >= 0.6 is 0 Å². The first-order valence-electron chi connectivity index (χ1n) is 5.56. The van der Waals surface area contributed by atoms with Gasteiger partial charge in [-0.1, -0.05) is 11.6 Å². The van der Waals surface area contributed by atoms with Gasteiger partial charge in [-0.15, -0.1) is 0 Å². The summed E-state index contributed by atoms with van der Waals surface area (Å²) in [6, 6.07) is 7.82. The van der Waals surface area contributed by atoms with E-state index >= 15 is 0 Å². The summed E-state index contributed by atoms with van der Waals surface area (Å²) in [6.07, 6.45) is 1.65. The first-order valence-corrected chi connectivity index (χ1v) is 5.56. The Bertz CT molecular complexity index is 596. The highest BCUT2D eigenvalue weighted by Crippen LogP contribution is 2.14. The molecule has 0 amide bonds. The number of aromatic nitrogens is 1. The van der Waals surface area contributed by atoms with Gasteiger partial charge in [0.2, 0.25) is 0 Å². The van der Waals surface area contributed by atoms with E-state index in [1.54, 1.807) is 24.3 Å². The van der Waals surface area contributed by atoms with Gasteiger partial charge in [0.05, 0.1) is 5.56 Å². The van der Waals surface area contributed by atoms with Crippen molar-refractivity contribution < 1.29 is 9.18 Å². The number of benzene rings is 1. The Balaban J connectivity index is 2.24. The molecular weight excluding hydrogens is 231 g/mol. The van der Waals surface area contributed by atoms with Crippen molar-refractivity contribution in [3.63, 3.8) is 0 Å². The van der Waals surface area contributed by atoms with Gasteiger partial charge in [-0.25, -0.2) is 9.37 Å². The molecule has 0 saturated carbocycles. The number of rotatable bonds is 3. The second-order valence-electron chi connectivity index (χ2n) is 4.17. The first-order chi connectivity index (χ1) is 8.56. The maximum Gasteiger partial charge on any atom is 0.170 e. The number of nitrogens with zero attached hydrogens (tertiary/aromatic N) is 1. The molecule has 18 heavy (non-hydrogen) atoms. The van der Waals surface area contributed by atoms with Gasteiger partial charge in [0.15, 0.2) is 5.78 Å². The predicted molar refractivity (Wildman–Crippen MR) is 67.8 cm³/mol. The third kappa shape index (κ3) is 2.71. The number of aryl methyl sites for hydroxylation is 1. The quantitative estimate of drug-likeness (QED) is 0.844. The molecule has 4 heteroatoms. The van der Waals surface area contributed by atoms with Gasteiger partial charge in [0.1, 0.15) is 11.6 Å². The zero-order valence-corrected chi connectivity index (χ0v) is 9.98. The number of anilines is 1. The van der Waals surface area contributed by atoms with E-state index in [0.717, 1.165) is 11.1 Å². The number of hydrogen-bond acceptors (Lipinski definition) is 3. The summed E-state index contributed by atoms with van der Waals surface area (Å²) in [7, 11) is 0. The molecule has 3 nitrogen and oxygen atoms in total. The molecule has 0 bridgehead atoms. The Morgan fingerprint density at radius 3 is 2.83 bits per heavy atom. The normalized spacial score (nSPS) is 10.3. The molecular formula is C14H13FN2O. The van der Waals surface area contributed by atoms with Crippen LogP contribution in [0, 0.1) is 12.7 Å². The Kier molecular flexibility index (Phi) is 3.37. The molecule has 0 aliphatic rings. The largest absolute Gasteiger partial charge is 0.384 e. The van der Waals surface area contributed by atoms with Crippen LogP contribution in [0.25, 0.3) is 0 Å². The van der Waals surface area contributed by atoms with E-state index in [1.165, 1.54) is 12.3 Å². The average molecular weight is 244 g/mol. The van der Waals surface area contributed by atoms with E-state index in [-0.39, 0.29) is 17.8 Å². The van der Waals surface area contributed by atoms with E-state index < -0.39 is 5.82 Å². The highest BCUT2D eigenvalue weighted by atomic mass is 19.1. The van der Waals surface area contributed by atoms with E-state index in [2.05, 4.69) is 4.98 Å². The van der Waals surface area contributed by atoms with E-state index in [9.17, 15) is 9.18 Å². The smallest absolute Gasteiger partial charge is 0.170 e. The van der Waals surface area contributed by atoms with Gasteiger partial charge in [-0.05, 0) is 36.8 Å². The molecule has 0 radical (unpaired) electrons.